The Morgan fingerprint density at radius 1 is 1.13 bits per heavy atom. The number of rotatable bonds is 9. The first-order valence-electron chi connectivity index (χ1n) is 9.03. The van der Waals surface area contributed by atoms with Crippen LogP contribution < -0.4 is 15.6 Å². The van der Waals surface area contributed by atoms with Gasteiger partial charge in [-0.05, 0) is 36.1 Å². The van der Waals surface area contributed by atoms with Crippen molar-refractivity contribution in [3.8, 4) is 16.5 Å². The van der Waals surface area contributed by atoms with E-state index in [0.717, 1.165) is 4.88 Å². The van der Waals surface area contributed by atoms with Gasteiger partial charge < -0.3 is 9.26 Å². The molecule has 2 aromatic heterocycles. The zero-order valence-corrected chi connectivity index (χ0v) is 18.0. The molecule has 11 heteroatoms. The average molecular weight is 469 g/mol. The van der Waals surface area contributed by atoms with E-state index >= 15 is 0 Å². The lowest BCUT2D eigenvalue weighted by molar-refractivity contribution is -0.129. The Kier molecular flexibility index (Phi) is 8.06. The third-order valence-electron chi connectivity index (χ3n) is 3.82. The Labute approximate surface area is 186 Å². The van der Waals surface area contributed by atoms with Crippen LogP contribution in [0.4, 0.5) is 0 Å². The minimum absolute atomic E-state index is 0.102. The Balaban J connectivity index is 1.29. The van der Waals surface area contributed by atoms with E-state index in [0.29, 0.717) is 40.5 Å². The summed E-state index contributed by atoms with van der Waals surface area (Å²) in [4.78, 5) is 28.8. The van der Waals surface area contributed by atoms with E-state index in [-0.39, 0.29) is 31.1 Å². The molecule has 2 amide bonds. The highest BCUT2D eigenvalue weighted by Crippen LogP contribution is 2.27. The fourth-order valence-corrected chi connectivity index (χ4v) is 3.47. The number of carbonyl (C=O) groups excluding carboxylic acids is 2. The molecule has 2 heterocycles. The number of thiophene rings is 1. The second-order valence-electron chi connectivity index (χ2n) is 6.11. The fourth-order valence-electron chi connectivity index (χ4n) is 2.35. The lowest BCUT2D eigenvalue weighted by atomic mass is 10.3. The summed E-state index contributed by atoms with van der Waals surface area (Å²) in [7, 11) is 0. The van der Waals surface area contributed by atoms with Crippen LogP contribution in [-0.4, -0.2) is 28.6 Å². The van der Waals surface area contributed by atoms with Gasteiger partial charge in [0.05, 0.1) is 16.5 Å². The van der Waals surface area contributed by atoms with Crippen molar-refractivity contribution >= 4 is 46.4 Å². The zero-order valence-electron chi connectivity index (χ0n) is 15.7. The SMILES string of the molecule is O=C(CCCOc1ccc(Cl)cc1Cl)NNC(=O)CCc1nc(-c2cccs2)no1. The van der Waals surface area contributed by atoms with Gasteiger partial charge in [0.1, 0.15) is 5.75 Å². The standard InChI is InChI=1S/C19H18Cl2N4O4S/c20-12-5-6-14(13(21)11-12)28-9-1-4-16(26)23-24-17(27)7-8-18-22-19(25-29-18)15-3-2-10-30-15/h2-3,5-6,10-11H,1,4,7-9H2,(H,23,26)(H,24,27). The summed E-state index contributed by atoms with van der Waals surface area (Å²) in [5.74, 6) is 0.669. The van der Waals surface area contributed by atoms with Gasteiger partial charge in [-0.3, -0.25) is 20.4 Å². The Bertz CT molecular complexity index is 994. The first kappa shape index (κ1) is 22.1. The molecule has 0 aliphatic heterocycles. The molecule has 0 atom stereocenters. The topological polar surface area (TPSA) is 106 Å². The predicted octanol–water partition coefficient (Wildman–Crippen LogP) is 4.04. The van der Waals surface area contributed by atoms with Crippen LogP contribution in [-0.2, 0) is 16.0 Å². The minimum Gasteiger partial charge on any atom is -0.492 e. The monoisotopic (exact) mass is 468 g/mol. The molecule has 0 saturated heterocycles. The molecule has 0 saturated carbocycles. The molecule has 0 spiro atoms. The third kappa shape index (κ3) is 6.72. The average Bonchev–Trinajstić information content (AvgIpc) is 3.41. The van der Waals surface area contributed by atoms with Crippen molar-refractivity contribution in [1.82, 2.24) is 21.0 Å². The lowest BCUT2D eigenvalue weighted by Crippen LogP contribution is -2.41. The molecule has 1 aromatic carbocycles. The maximum absolute atomic E-state index is 11.9. The van der Waals surface area contributed by atoms with Crippen LogP contribution >= 0.6 is 34.5 Å². The summed E-state index contributed by atoms with van der Waals surface area (Å²) in [5, 5.41) is 6.72. The van der Waals surface area contributed by atoms with Gasteiger partial charge >= 0.3 is 0 Å². The quantitative estimate of drug-likeness (QED) is 0.362. The van der Waals surface area contributed by atoms with Crippen molar-refractivity contribution in [2.75, 3.05) is 6.61 Å². The van der Waals surface area contributed by atoms with Crippen molar-refractivity contribution < 1.29 is 18.8 Å². The molecule has 30 heavy (non-hydrogen) atoms. The number of hydrogen-bond donors (Lipinski definition) is 2. The van der Waals surface area contributed by atoms with Gasteiger partial charge in [-0.15, -0.1) is 11.3 Å². The van der Waals surface area contributed by atoms with Crippen LogP contribution in [0.2, 0.25) is 10.0 Å². The molecular weight excluding hydrogens is 451 g/mol. The van der Waals surface area contributed by atoms with Gasteiger partial charge in [-0.2, -0.15) is 4.98 Å². The molecule has 0 bridgehead atoms. The summed E-state index contributed by atoms with van der Waals surface area (Å²) in [6.07, 6.45) is 1.01. The van der Waals surface area contributed by atoms with Crippen molar-refractivity contribution in [3.05, 3.63) is 51.6 Å². The summed E-state index contributed by atoms with van der Waals surface area (Å²) in [6, 6.07) is 8.69. The van der Waals surface area contributed by atoms with Crippen molar-refractivity contribution in [2.45, 2.75) is 25.7 Å². The van der Waals surface area contributed by atoms with E-state index in [9.17, 15) is 9.59 Å². The predicted molar refractivity (Wildman–Crippen MR) is 113 cm³/mol. The number of ether oxygens (including phenoxy) is 1. The van der Waals surface area contributed by atoms with Crippen LogP contribution in [0, 0.1) is 0 Å². The van der Waals surface area contributed by atoms with E-state index in [2.05, 4.69) is 21.0 Å². The normalized spacial score (nSPS) is 10.6. The second-order valence-corrected chi connectivity index (χ2v) is 7.90. The van der Waals surface area contributed by atoms with Crippen LogP contribution in [0.25, 0.3) is 10.7 Å². The van der Waals surface area contributed by atoms with Gasteiger partial charge in [0.2, 0.25) is 23.5 Å². The van der Waals surface area contributed by atoms with Crippen LogP contribution in [0.15, 0.2) is 40.2 Å². The number of nitrogens with zero attached hydrogens (tertiary/aromatic N) is 2. The Morgan fingerprint density at radius 3 is 2.67 bits per heavy atom. The highest BCUT2D eigenvalue weighted by atomic mass is 35.5. The molecule has 0 aliphatic rings. The van der Waals surface area contributed by atoms with Crippen LogP contribution in [0.5, 0.6) is 5.75 Å². The molecule has 0 unspecified atom stereocenters. The number of aryl methyl sites for hydroxylation is 1. The molecule has 0 fully saturated rings. The second kappa shape index (κ2) is 11.0. The highest BCUT2D eigenvalue weighted by Gasteiger charge is 2.12. The number of nitrogens with one attached hydrogen (secondary N) is 2. The summed E-state index contributed by atoms with van der Waals surface area (Å²) >= 11 is 13.3. The molecule has 158 valence electrons. The van der Waals surface area contributed by atoms with E-state index in [1.165, 1.54) is 11.3 Å². The van der Waals surface area contributed by atoms with Crippen molar-refractivity contribution in [2.24, 2.45) is 0 Å². The van der Waals surface area contributed by atoms with Gasteiger partial charge in [-0.1, -0.05) is 34.4 Å². The highest BCUT2D eigenvalue weighted by molar-refractivity contribution is 7.13. The number of amides is 2. The number of benzene rings is 1. The molecule has 8 nitrogen and oxygen atoms in total. The lowest BCUT2D eigenvalue weighted by Gasteiger charge is -2.09. The van der Waals surface area contributed by atoms with E-state index < -0.39 is 0 Å². The molecule has 3 rings (SSSR count). The minimum atomic E-state index is -0.358. The van der Waals surface area contributed by atoms with Crippen LogP contribution in [0.1, 0.15) is 25.2 Å². The fraction of sp³-hybridized carbons (Fsp3) is 0.263. The van der Waals surface area contributed by atoms with Gasteiger partial charge in [0, 0.05) is 24.3 Å². The summed E-state index contributed by atoms with van der Waals surface area (Å²) in [5.41, 5.74) is 4.72. The molecule has 2 N–H and O–H groups in total. The number of aromatic nitrogens is 2. The molecule has 0 radical (unpaired) electrons. The summed E-state index contributed by atoms with van der Waals surface area (Å²) < 4.78 is 10.6. The number of carbonyl (C=O) groups is 2. The Morgan fingerprint density at radius 2 is 1.93 bits per heavy atom. The maximum atomic E-state index is 11.9. The molecule has 3 aromatic rings. The smallest absolute Gasteiger partial charge is 0.238 e. The van der Waals surface area contributed by atoms with E-state index in [4.69, 9.17) is 32.5 Å². The van der Waals surface area contributed by atoms with Crippen LogP contribution in [0.3, 0.4) is 0 Å². The Hall–Kier alpha value is -2.62. The first-order chi connectivity index (χ1) is 14.5. The number of hydrazine groups is 1. The molecular formula is C19H18Cl2N4O4S. The van der Waals surface area contributed by atoms with Gasteiger partial charge in [-0.25, -0.2) is 0 Å². The largest absolute Gasteiger partial charge is 0.492 e. The summed E-state index contributed by atoms with van der Waals surface area (Å²) in [6.45, 7) is 0.298. The van der Waals surface area contributed by atoms with E-state index in [1.807, 2.05) is 17.5 Å². The third-order valence-corrected chi connectivity index (χ3v) is 5.21. The van der Waals surface area contributed by atoms with E-state index in [1.54, 1.807) is 18.2 Å². The van der Waals surface area contributed by atoms with Gasteiger partial charge in [0.15, 0.2) is 0 Å². The molecule has 0 aliphatic carbocycles. The number of hydrogen-bond acceptors (Lipinski definition) is 7. The van der Waals surface area contributed by atoms with Gasteiger partial charge in [0.25, 0.3) is 0 Å². The van der Waals surface area contributed by atoms with Crippen molar-refractivity contribution in [1.29, 1.82) is 0 Å². The zero-order chi connectivity index (χ0) is 21.3. The number of halogens is 2. The maximum Gasteiger partial charge on any atom is 0.238 e. The first-order valence-corrected chi connectivity index (χ1v) is 10.7. The van der Waals surface area contributed by atoms with Crippen molar-refractivity contribution in [3.63, 3.8) is 0 Å².